The Kier molecular flexibility index (Phi) is 12.1. The summed E-state index contributed by atoms with van der Waals surface area (Å²) in [7, 11) is 0. The molecule has 0 aromatic rings. The Hall–Kier alpha value is 0. The largest absolute Gasteiger partial charge is 0.0654 e. The van der Waals surface area contributed by atoms with Crippen LogP contribution in [0.15, 0.2) is 0 Å². The van der Waals surface area contributed by atoms with Crippen molar-refractivity contribution in [2.45, 2.75) is 91.4 Å². The van der Waals surface area contributed by atoms with E-state index in [1.807, 2.05) is 0 Å². The Morgan fingerprint density at radius 2 is 1.07 bits per heavy atom. The fourth-order valence-corrected chi connectivity index (χ4v) is 2.15. The third-order valence-corrected chi connectivity index (χ3v) is 3.35. The number of hydrogen-bond donors (Lipinski definition) is 0. The van der Waals surface area contributed by atoms with Gasteiger partial charge in [0, 0.05) is 0 Å². The van der Waals surface area contributed by atoms with Gasteiger partial charge in [-0.15, -0.1) is 0 Å². The summed E-state index contributed by atoms with van der Waals surface area (Å²) < 4.78 is 0. The lowest BCUT2D eigenvalue weighted by molar-refractivity contribution is 0.441. The van der Waals surface area contributed by atoms with E-state index in [2.05, 4.69) is 20.8 Å². The van der Waals surface area contributed by atoms with Crippen molar-refractivity contribution >= 4 is 0 Å². The van der Waals surface area contributed by atoms with Crippen LogP contribution in [0.3, 0.4) is 0 Å². The molecule has 0 aromatic heterocycles. The first-order valence-electron chi connectivity index (χ1n) is 7.31. The van der Waals surface area contributed by atoms with E-state index in [9.17, 15) is 0 Å². The molecule has 1 atom stereocenters. The molecule has 0 bridgehead atoms. The first-order chi connectivity index (χ1) is 7.31. The van der Waals surface area contributed by atoms with Gasteiger partial charge in [-0.2, -0.15) is 0 Å². The second kappa shape index (κ2) is 12.1. The Balaban J connectivity index is 3.02. The van der Waals surface area contributed by atoms with Crippen LogP contribution in [0.4, 0.5) is 0 Å². The van der Waals surface area contributed by atoms with Gasteiger partial charge in [0.25, 0.3) is 0 Å². The van der Waals surface area contributed by atoms with E-state index >= 15 is 0 Å². The van der Waals surface area contributed by atoms with Gasteiger partial charge in [-0.05, 0) is 5.92 Å². The molecule has 0 aliphatic rings. The molecule has 0 heteroatoms. The molecule has 0 rings (SSSR count). The standard InChI is InChI=1S/C15H32/c1-4-6-8-9-10-11-12-14-15(3)13-7-5-2/h15H,4-14H2,1-3H3. The third kappa shape index (κ3) is 11.9. The smallest absolute Gasteiger partial charge is 0.0443 e. The van der Waals surface area contributed by atoms with Crippen LogP contribution in [0.5, 0.6) is 0 Å². The van der Waals surface area contributed by atoms with Gasteiger partial charge in [0.05, 0.1) is 0 Å². The van der Waals surface area contributed by atoms with Gasteiger partial charge in [0.1, 0.15) is 0 Å². The zero-order valence-electron chi connectivity index (χ0n) is 11.4. The van der Waals surface area contributed by atoms with Crippen molar-refractivity contribution in [1.82, 2.24) is 0 Å². The molecule has 15 heavy (non-hydrogen) atoms. The van der Waals surface area contributed by atoms with Crippen molar-refractivity contribution in [2.75, 3.05) is 0 Å². The fraction of sp³-hybridized carbons (Fsp3) is 1.00. The fourth-order valence-electron chi connectivity index (χ4n) is 2.15. The van der Waals surface area contributed by atoms with E-state index in [1.165, 1.54) is 70.6 Å². The lowest BCUT2D eigenvalue weighted by Gasteiger charge is -2.09. The average molecular weight is 212 g/mol. The number of hydrogen-bond acceptors (Lipinski definition) is 0. The molecule has 0 fully saturated rings. The maximum absolute atomic E-state index is 2.42. The molecule has 0 aliphatic carbocycles. The highest BCUT2D eigenvalue weighted by atomic mass is 14.1. The molecular weight excluding hydrogens is 180 g/mol. The number of rotatable bonds is 11. The predicted molar refractivity (Wildman–Crippen MR) is 71.3 cm³/mol. The lowest BCUT2D eigenvalue weighted by Crippen LogP contribution is -1.94. The molecule has 0 aromatic carbocycles. The summed E-state index contributed by atoms with van der Waals surface area (Å²) in [5.74, 6) is 0.973. The van der Waals surface area contributed by atoms with Gasteiger partial charge in [0.15, 0.2) is 0 Å². The Morgan fingerprint density at radius 3 is 1.67 bits per heavy atom. The van der Waals surface area contributed by atoms with Crippen LogP contribution in [0, 0.1) is 5.92 Å². The van der Waals surface area contributed by atoms with Gasteiger partial charge in [-0.1, -0.05) is 91.4 Å². The molecule has 0 amide bonds. The SMILES string of the molecule is CCCCCCCCCC(C)CCCC. The Labute approximate surface area is 97.8 Å². The topological polar surface area (TPSA) is 0 Å². The summed E-state index contributed by atoms with van der Waals surface area (Å²) >= 11 is 0. The molecule has 0 saturated heterocycles. The quantitative estimate of drug-likeness (QED) is 0.371. The second-order valence-electron chi connectivity index (χ2n) is 5.16. The molecule has 0 spiro atoms. The van der Waals surface area contributed by atoms with Gasteiger partial charge >= 0.3 is 0 Å². The molecule has 0 radical (unpaired) electrons. The van der Waals surface area contributed by atoms with Crippen molar-refractivity contribution in [3.8, 4) is 0 Å². The Morgan fingerprint density at radius 1 is 0.600 bits per heavy atom. The van der Waals surface area contributed by atoms with Gasteiger partial charge in [-0.25, -0.2) is 0 Å². The number of unbranched alkanes of at least 4 members (excludes halogenated alkanes) is 7. The predicted octanol–water partition coefficient (Wildman–Crippen LogP) is 5.95. The van der Waals surface area contributed by atoms with Crippen molar-refractivity contribution in [3.63, 3.8) is 0 Å². The van der Waals surface area contributed by atoms with Crippen LogP contribution in [0.1, 0.15) is 91.4 Å². The molecule has 92 valence electrons. The second-order valence-corrected chi connectivity index (χ2v) is 5.16. The minimum atomic E-state index is 0.973. The monoisotopic (exact) mass is 212 g/mol. The lowest BCUT2D eigenvalue weighted by atomic mass is 9.97. The highest BCUT2D eigenvalue weighted by Crippen LogP contribution is 2.16. The summed E-state index contributed by atoms with van der Waals surface area (Å²) in [6, 6.07) is 0. The van der Waals surface area contributed by atoms with E-state index in [4.69, 9.17) is 0 Å². The van der Waals surface area contributed by atoms with Crippen LogP contribution in [-0.4, -0.2) is 0 Å². The molecular formula is C15H32. The summed E-state index contributed by atoms with van der Waals surface area (Å²) in [5, 5.41) is 0. The zero-order chi connectivity index (χ0) is 11.4. The van der Waals surface area contributed by atoms with Crippen LogP contribution < -0.4 is 0 Å². The van der Waals surface area contributed by atoms with Crippen LogP contribution in [0.25, 0.3) is 0 Å². The van der Waals surface area contributed by atoms with Gasteiger partial charge in [-0.3, -0.25) is 0 Å². The molecule has 0 heterocycles. The zero-order valence-corrected chi connectivity index (χ0v) is 11.4. The molecule has 0 N–H and O–H groups in total. The summed E-state index contributed by atoms with van der Waals surface area (Å²) in [4.78, 5) is 0. The van der Waals surface area contributed by atoms with E-state index in [0.29, 0.717) is 0 Å². The van der Waals surface area contributed by atoms with E-state index in [0.717, 1.165) is 5.92 Å². The van der Waals surface area contributed by atoms with Crippen molar-refractivity contribution < 1.29 is 0 Å². The van der Waals surface area contributed by atoms with Crippen molar-refractivity contribution in [3.05, 3.63) is 0 Å². The van der Waals surface area contributed by atoms with Gasteiger partial charge < -0.3 is 0 Å². The summed E-state index contributed by atoms with van der Waals surface area (Å²) in [5.41, 5.74) is 0. The molecule has 1 unspecified atom stereocenters. The molecule has 0 saturated carbocycles. The van der Waals surface area contributed by atoms with E-state index < -0.39 is 0 Å². The van der Waals surface area contributed by atoms with Crippen molar-refractivity contribution in [2.24, 2.45) is 5.92 Å². The first-order valence-corrected chi connectivity index (χ1v) is 7.31. The van der Waals surface area contributed by atoms with Crippen LogP contribution >= 0.6 is 0 Å². The minimum absolute atomic E-state index is 0.973. The maximum atomic E-state index is 2.42. The third-order valence-electron chi connectivity index (χ3n) is 3.35. The normalized spacial score (nSPS) is 13.0. The summed E-state index contributed by atoms with van der Waals surface area (Å²) in [6.45, 7) is 7.00. The minimum Gasteiger partial charge on any atom is -0.0654 e. The van der Waals surface area contributed by atoms with E-state index in [1.54, 1.807) is 0 Å². The molecule has 0 nitrogen and oxygen atoms in total. The first kappa shape index (κ1) is 15.0. The van der Waals surface area contributed by atoms with Crippen LogP contribution in [-0.2, 0) is 0 Å². The van der Waals surface area contributed by atoms with Crippen molar-refractivity contribution in [1.29, 1.82) is 0 Å². The maximum Gasteiger partial charge on any atom is -0.0443 e. The highest BCUT2D eigenvalue weighted by molar-refractivity contribution is 4.54. The van der Waals surface area contributed by atoms with Crippen LogP contribution in [0.2, 0.25) is 0 Å². The average Bonchev–Trinajstić information content (AvgIpc) is 2.25. The van der Waals surface area contributed by atoms with Gasteiger partial charge in [0.2, 0.25) is 0 Å². The summed E-state index contributed by atoms with van der Waals surface area (Å²) in [6.07, 6.45) is 15.9. The van der Waals surface area contributed by atoms with E-state index in [-0.39, 0.29) is 0 Å². The molecule has 0 aliphatic heterocycles. The highest BCUT2D eigenvalue weighted by Gasteiger charge is 2.00. The Bertz CT molecular complexity index is 107.